The summed E-state index contributed by atoms with van der Waals surface area (Å²) < 4.78 is 0. The number of nitrogens with zero attached hydrogens (tertiary/aromatic N) is 5. The smallest absolute Gasteiger partial charge is 0.320 e. The number of H-pyrrole nitrogens is 1. The molecule has 2 fully saturated rings. The third kappa shape index (κ3) is 3.71. The van der Waals surface area contributed by atoms with Crippen LogP contribution in [-0.2, 0) is 4.79 Å². The summed E-state index contributed by atoms with van der Waals surface area (Å²) in [6.07, 6.45) is 4.44. The summed E-state index contributed by atoms with van der Waals surface area (Å²) >= 11 is 0. The summed E-state index contributed by atoms with van der Waals surface area (Å²) in [6.45, 7) is 2.81. The Bertz CT molecular complexity index is 823. The second-order valence-electron chi connectivity index (χ2n) is 6.95. The Morgan fingerprint density at radius 2 is 2.22 bits per heavy atom. The van der Waals surface area contributed by atoms with Crippen molar-refractivity contribution in [2.75, 3.05) is 44.7 Å². The lowest BCUT2D eigenvalue weighted by atomic mass is 10.2. The van der Waals surface area contributed by atoms with Crippen LogP contribution in [0, 0.1) is 0 Å². The zero-order chi connectivity index (χ0) is 18.8. The normalized spacial score (nSPS) is 19.8. The molecule has 2 aromatic rings. The molecule has 0 aliphatic carbocycles. The van der Waals surface area contributed by atoms with Crippen LogP contribution in [-0.4, -0.2) is 82.5 Å². The first-order valence-corrected chi connectivity index (χ1v) is 9.11. The number of carbonyl (C=O) groups is 2. The first-order chi connectivity index (χ1) is 13.1. The van der Waals surface area contributed by atoms with Gasteiger partial charge in [0.25, 0.3) is 0 Å². The molecule has 4 heterocycles. The van der Waals surface area contributed by atoms with Gasteiger partial charge in [0.15, 0.2) is 0 Å². The van der Waals surface area contributed by atoms with Crippen LogP contribution in [0.15, 0.2) is 30.6 Å². The van der Waals surface area contributed by atoms with Crippen molar-refractivity contribution >= 4 is 17.9 Å². The molecule has 2 aliphatic rings. The molecule has 0 saturated carbocycles. The lowest BCUT2D eigenvalue weighted by molar-refractivity contribution is -0.122. The van der Waals surface area contributed by atoms with Crippen molar-refractivity contribution in [3.8, 4) is 11.4 Å². The minimum absolute atomic E-state index is 0.0330. The van der Waals surface area contributed by atoms with E-state index in [-0.39, 0.29) is 24.5 Å². The molecule has 0 spiro atoms. The van der Waals surface area contributed by atoms with Crippen molar-refractivity contribution in [3.63, 3.8) is 0 Å². The summed E-state index contributed by atoms with van der Waals surface area (Å²) in [4.78, 5) is 41.6. The molecule has 2 aliphatic heterocycles. The highest BCUT2D eigenvalue weighted by molar-refractivity contribution is 5.85. The molecule has 27 heavy (non-hydrogen) atoms. The summed E-state index contributed by atoms with van der Waals surface area (Å²) in [5.74, 6) is 0.543. The van der Waals surface area contributed by atoms with E-state index in [0.29, 0.717) is 25.6 Å². The molecule has 1 unspecified atom stereocenters. The van der Waals surface area contributed by atoms with Crippen LogP contribution in [0.3, 0.4) is 0 Å². The summed E-state index contributed by atoms with van der Waals surface area (Å²) in [7, 11) is 1.75. The van der Waals surface area contributed by atoms with Gasteiger partial charge in [-0.25, -0.2) is 14.8 Å². The Morgan fingerprint density at radius 3 is 2.96 bits per heavy atom. The Kier molecular flexibility index (Phi) is 4.66. The van der Waals surface area contributed by atoms with Crippen LogP contribution in [0.25, 0.3) is 11.4 Å². The number of likely N-dealkylation sites (N-methyl/N-ethyl adjacent to an activating group) is 1. The quantitative estimate of drug-likeness (QED) is 0.801. The zero-order valence-electron chi connectivity index (χ0n) is 15.3. The molecule has 142 valence electrons. The highest BCUT2D eigenvalue weighted by atomic mass is 16.2. The SMILES string of the molecule is CN1CCN(CC(=O)NC2CCN(c3nccc(-c4ccc[nH]4)n3)C2)C1=O. The second-order valence-corrected chi connectivity index (χ2v) is 6.95. The van der Waals surface area contributed by atoms with Crippen LogP contribution in [0.4, 0.5) is 10.7 Å². The van der Waals surface area contributed by atoms with Crippen LogP contribution in [0.2, 0.25) is 0 Å². The molecule has 0 radical (unpaired) electrons. The van der Waals surface area contributed by atoms with E-state index in [1.165, 1.54) is 0 Å². The third-order valence-corrected chi connectivity index (χ3v) is 4.99. The van der Waals surface area contributed by atoms with E-state index in [0.717, 1.165) is 24.4 Å². The zero-order valence-corrected chi connectivity index (χ0v) is 15.3. The van der Waals surface area contributed by atoms with Gasteiger partial charge < -0.3 is 25.0 Å². The summed E-state index contributed by atoms with van der Waals surface area (Å²) in [5, 5.41) is 3.03. The minimum atomic E-state index is -0.119. The number of aromatic amines is 1. The second kappa shape index (κ2) is 7.26. The van der Waals surface area contributed by atoms with Crippen molar-refractivity contribution in [1.29, 1.82) is 0 Å². The number of hydrogen-bond donors (Lipinski definition) is 2. The highest BCUT2D eigenvalue weighted by Gasteiger charge is 2.29. The van der Waals surface area contributed by atoms with Crippen molar-refractivity contribution in [3.05, 3.63) is 30.6 Å². The van der Waals surface area contributed by atoms with Crippen molar-refractivity contribution < 1.29 is 9.59 Å². The maximum Gasteiger partial charge on any atom is 0.320 e. The van der Waals surface area contributed by atoms with E-state index in [1.807, 2.05) is 24.4 Å². The highest BCUT2D eigenvalue weighted by Crippen LogP contribution is 2.20. The van der Waals surface area contributed by atoms with Gasteiger partial charge in [0.1, 0.15) is 6.54 Å². The molecule has 2 aromatic heterocycles. The molecule has 9 heteroatoms. The van der Waals surface area contributed by atoms with Crippen LogP contribution < -0.4 is 10.2 Å². The Morgan fingerprint density at radius 1 is 1.33 bits per heavy atom. The average Bonchev–Trinajstić information content (AvgIpc) is 3.41. The molecule has 3 amide bonds. The number of nitrogens with one attached hydrogen (secondary N) is 2. The fourth-order valence-electron chi connectivity index (χ4n) is 3.50. The molecular weight excluding hydrogens is 346 g/mol. The van der Waals surface area contributed by atoms with Crippen molar-refractivity contribution in [2.45, 2.75) is 12.5 Å². The number of urea groups is 1. The Labute approximate surface area is 157 Å². The average molecular weight is 369 g/mol. The van der Waals surface area contributed by atoms with E-state index in [1.54, 1.807) is 23.0 Å². The van der Waals surface area contributed by atoms with E-state index in [2.05, 4.69) is 25.2 Å². The topological polar surface area (TPSA) is 97.5 Å². The van der Waals surface area contributed by atoms with Gasteiger partial charge >= 0.3 is 6.03 Å². The lowest BCUT2D eigenvalue weighted by Crippen LogP contribution is -2.44. The van der Waals surface area contributed by atoms with Crippen LogP contribution in [0.1, 0.15) is 6.42 Å². The van der Waals surface area contributed by atoms with Gasteiger partial charge in [0, 0.05) is 51.7 Å². The molecule has 0 aromatic carbocycles. The fraction of sp³-hybridized carbons (Fsp3) is 0.444. The molecule has 0 bridgehead atoms. The summed E-state index contributed by atoms with van der Waals surface area (Å²) in [6, 6.07) is 5.71. The monoisotopic (exact) mass is 369 g/mol. The standard InChI is InChI=1S/C18H23N7O2/c1-23-9-10-25(18(23)27)12-16(26)21-13-5-8-24(11-13)17-20-7-4-15(22-17)14-3-2-6-19-14/h2-4,6-7,13,19H,5,8-12H2,1H3,(H,21,26). The number of hydrogen-bond acceptors (Lipinski definition) is 5. The van der Waals surface area contributed by atoms with Crippen LogP contribution >= 0.6 is 0 Å². The Hall–Kier alpha value is -3.10. The van der Waals surface area contributed by atoms with Crippen LogP contribution in [0.5, 0.6) is 0 Å². The third-order valence-electron chi connectivity index (χ3n) is 4.99. The number of aromatic nitrogens is 3. The fourth-order valence-corrected chi connectivity index (χ4v) is 3.50. The molecular formula is C18H23N7O2. The first kappa shape index (κ1) is 17.3. The summed E-state index contributed by atoms with van der Waals surface area (Å²) in [5.41, 5.74) is 1.79. The lowest BCUT2D eigenvalue weighted by Gasteiger charge is -2.19. The van der Waals surface area contributed by atoms with Gasteiger partial charge in [-0.05, 0) is 24.6 Å². The first-order valence-electron chi connectivity index (χ1n) is 9.11. The number of amides is 3. The van der Waals surface area contributed by atoms with E-state index >= 15 is 0 Å². The predicted octanol–water partition coefficient (Wildman–Crippen LogP) is 0.534. The molecule has 9 nitrogen and oxygen atoms in total. The molecule has 1 atom stereocenters. The number of anilines is 1. The van der Waals surface area contributed by atoms with Gasteiger partial charge in [-0.3, -0.25) is 4.79 Å². The maximum atomic E-state index is 12.3. The van der Waals surface area contributed by atoms with Gasteiger partial charge in [0.05, 0.1) is 11.4 Å². The molecule has 2 N–H and O–H groups in total. The Balaban J connectivity index is 1.33. The van der Waals surface area contributed by atoms with Gasteiger partial charge in [-0.1, -0.05) is 0 Å². The minimum Gasteiger partial charge on any atom is -0.360 e. The van der Waals surface area contributed by atoms with Gasteiger partial charge in [-0.15, -0.1) is 0 Å². The largest absolute Gasteiger partial charge is 0.360 e. The maximum absolute atomic E-state index is 12.3. The number of carbonyl (C=O) groups excluding carboxylic acids is 2. The van der Waals surface area contributed by atoms with Gasteiger partial charge in [0.2, 0.25) is 11.9 Å². The van der Waals surface area contributed by atoms with E-state index in [9.17, 15) is 9.59 Å². The number of rotatable bonds is 5. The van der Waals surface area contributed by atoms with Crippen molar-refractivity contribution in [1.82, 2.24) is 30.1 Å². The predicted molar refractivity (Wildman–Crippen MR) is 100 cm³/mol. The molecule has 2 saturated heterocycles. The van der Waals surface area contributed by atoms with Gasteiger partial charge in [-0.2, -0.15) is 0 Å². The van der Waals surface area contributed by atoms with Crippen molar-refractivity contribution in [2.24, 2.45) is 0 Å². The van der Waals surface area contributed by atoms with E-state index in [4.69, 9.17) is 0 Å². The molecule has 4 rings (SSSR count). The van der Waals surface area contributed by atoms with E-state index < -0.39 is 0 Å².